The van der Waals surface area contributed by atoms with Gasteiger partial charge >= 0.3 is 0 Å². The first-order valence-electron chi connectivity index (χ1n) is 7.03. The third kappa shape index (κ3) is 4.19. The molecule has 0 aromatic heterocycles. The summed E-state index contributed by atoms with van der Waals surface area (Å²) in [7, 11) is -3.53. The molecule has 4 nitrogen and oxygen atoms in total. The lowest BCUT2D eigenvalue weighted by Crippen LogP contribution is -2.30. The SMILES string of the molecule is NCC#Cc1ccc(NS(=O)(=O)C2CCCCC2)c(F)c1. The molecule has 1 aliphatic rings. The van der Waals surface area contributed by atoms with E-state index in [0.29, 0.717) is 18.4 Å². The zero-order chi connectivity index (χ0) is 15.3. The molecule has 0 atom stereocenters. The minimum absolute atomic E-state index is 0.0288. The highest BCUT2D eigenvalue weighted by Crippen LogP contribution is 2.26. The second-order valence-electron chi connectivity index (χ2n) is 5.11. The van der Waals surface area contributed by atoms with Crippen LogP contribution in [0.25, 0.3) is 0 Å². The van der Waals surface area contributed by atoms with Crippen LogP contribution in [0.3, 0.4) is 0 Å². The second kappa shape index (κ2) is 6.92. The van der Waals surface area contributed by atoms with Crippen molar-refractivity contribution >= 4 is 15.7 Å². The van der Waals surface area contributed by atoms with E-state index in [0.717, 1.165) is 19.3 Å². The van der Waals surface area contributed by atoms with Crippen molar-refractivity contribution in [3.8, 4) is 11.8 Å². The highest BCUT2D eigenvalue weighted by atomic mass is 32.2. The molecule has 3 N–H and O–H groups in total. The molecular formula is C15H19FN2O2S. The Labute approximate surface area is 125 Å². The summed E-state index contributed by atoms with van der Waals surface area (Å²) >= 11 is 0. The van der Waals surface area contributed by atoms with Crippen molar-refractivity contribution in [2.75, 3.05) is 11.3 Å². The lowest BCUT2D eigenvalue weighted by Gasteiger charge is -2.22. The van der Waals surface area contributed by atoms with Gasteiger partial charge in [-0.25, -0.2) is 12.8 Å². The van der Waals surface area contributed by atoms with Gasteiger partial charge in [0, 0.05) is 5.56 Å². The number of halogens is 1. The van der Waals surface area contributed by atoms with Crippen LogP contribution in [0, 0.1) is 17.7 Å². The Morgan fingerprint density at radius 3 is 2.62 bits per heavy atom. The molecule has 114 valence electrons. The summed E-state index contributed by atoms with van der Waals surface area (Å²) in [4.78, 5) is 0. The van der Waals surface area contributed by atoms with E-state index in [9.17, 15) is 12.8 Å². The van der Waals surface area contributed by atoms with E-state index in [1.807, 2.05) is 0 Å². The van der Waals surface area contributed by atoms with E-state index < -0.39 is 21.1 Å². The van der Waals surface area contributed by atoms with Crippen LogP contribution >= 0.6 is 0 Å². The molecular weight excluding hydrogens is 291 g/mol. The Morgan fingerprint density at radius 2 is 2.00 bits per heavy atom. The zero-order valence-electron chi connectivity index (χ0n) is 11.7. The van der Waals surface area contributed by atoms with Crippen LogP contribution in [-0.4, -0.2) is 20.2 Å². The maximum absolute atomic E-state index is 13.9. The van der Waals surface area contributed by atoms with Gasteiger partial charge in [0.2, 0.25) is 10.0 Å². The van der Waals surface area contributed by atoms with Gasteiger partial charge in [0.1, 0.15) is 5.82 Å². The largest absolute Gasteiger partial charge is 0.320 e. The average molecular weight is 310 g/mol. The minimum atomic E-state index is -3.53. The fourth-order valence-electron chi connectivity index (χ4n) is 2.44. The standard InChI is InChI=1S/C15H19FN2O2S/c16-14-11-12(5-4-10-17)8-9-15(14)18-21(19,20)13-6-2-1-3-7-13/h8-9,11,13,18H,1-3,6-7,10,17H2. The molecule has 0 bridgehead atoms. The van der Waals surface area contributed by atoms with Crippen molar-refractivity contribution in [2.45, 2.75) is 37.4 Å². The maximum Gasteiger partial charge on any atom is 0.235 e. The van der Waals surface area contributed by atoms with E-state index in [-0.39, 0.29) is 12.2 Å². The Hall–Kier alpha value is -1.58. The predicted octanol–water partition coefficient (Wildman–Crippen LogP) is 2.21. The second-order valence-corrected chi connectivity index (χ2v) is 7.07. The van der Waals surface area contributed by atoms with Gasteiger partial charge in [-0.3, -0.25) is 4.72 Å². The number of benzene rings is 1. The van der Waals surface area contributed by atoms with E-state index in [2.05, 4.69) is 16.6 Å². The molecule has 0 aliphatic heterocycles. The molecule has 1 saturated carbocycles. The smallest absolute Gasteiger partial charge is 0.235 e. The normalized spacial score (nSPS) is 16.1. The van der Waals surface area contributed by atoms with Gasteiger partial charge in [0.25, 0.3) is 0 Å². The van der Waals surface area contributed by atoms with Crippen molar-refractivity contribution in [1.29, 1.82) is 0 Å². The topological polar surface area (TPSA) is 72.2 Å². The highest BCUT2D eigenvalue weighted by Gasteiger charge is 2.27. The first-order chi connectivity index (χ1) is 10.0. The fraction of sp³-hybridized carbons (Fsp3) is 0.467. The number of anilines is 1. The van der Waals surface area contributed by atoms with Gasteiger partial charge in [-0.05, 0) is 31.0 Å². The summed E-state index contributed by atoms with van der Waals surface area (Å²) in [5.74, 6) is 4.70. The third-order valence-electron chi connectivity index (χ3n) is 3.55. The van der Waals surface area contributed by atoms with Crippen LogP contribution in [0.2, 0.25) is 0 Å². The first-order valence-corrected chi connectivity index (χ1v) is 8.57. The van der Waals surface area contributed by atoms with Crippen molar-refractivity contribution in [3.63, 3.8) is 0 Å². The minimum Gasteiger partial charge on any atom is -0.320 e. The predicted molar refractivity (Wildman–Crippen MR) is 81.7 cm³/mol. The molecule has 2 rings (SSSR count). The number of rotatable bonds is 3. The van der Waals surface area contributed by atoms with Gasteiger partial charge in [-0.1, -0.05) is 31.1 Å². The molecule has 6 heteroatoms. The summed E-state index contributed by atoms with van der Waals surface area (Å²) in [6, 6.07) is 4.18. The number of hydrogen-bond acceptors (Lipinski definition) is 3. The third-order valence-corrected chi connectivity index (χ3v) is 5.40. The number of sulfonamides is 1. The van der Waals surface area contributed by atoms with Crippen LogP contribution in [0.15, 0.2) is 18.2 Å². The fourth-order valence-corrected chi connectivity index (χ4v) is 4.03. The Morgan fingerprint density at radius 1 is 1.29 bits per heavy atom. The van der Waals surface area contributed by atoms with E-state index in [4.69, 9.17) is 5.73 Å². The van der Waals surface area contributed by atoms with Crippen LogP contribution in [-0.2, 0) is 10.0 Å². The van der Waals surface area contributed by atoms with Crippen molar-refractivity contribution in [2.24, 2.45) is 5.73 Å². The number of nitrogens with one attached hydrogen (secondary N) is 1. The summed E-state index contributed by atoms with van der Waals surface area (Å²) in [6.45, 7) is 0.192. The van der Waals surface area contributed by atoms with Gasteiger partial charge in [-0.2, -0.15) is 0 Å². The summed E-state index contributed by atoms with van der Waals surface area (Å²) in [5, 5.41) is -0.428. The van der Waals surface area contributed by atoms with Crippen molar-refractivity contribution in [1.82, 2.24) is 0 Å². The highest BCUT2D eigenvalue weighted by molar-refractivity contribution is 7.93. The van der Waals surface area contributed by atoms with Gasteiger partial charge in [-0.15, -0.1) is 0 Å². The summed E-state index contributed by atoms with van der Waals surface area (Å²) in [5.41, 5.74) is 5.69. The van der Waals surface area contributed by atoms with Crippen LogP contribution in [0.5, 0.6) is 0 Å². The molecule has 1 aromatic rings. The van der Waals surface area contributed by atoms with E-state index >= 15 is 0 Å². The monoisotopic (exact) mass is 310 g/mol. The van der Waals surface area contributed by atoms with Gasteiger partial charge < -0.3 is 5.73 Å². The maximum atomic E-state index is 13.9. The molecule has 0 unspecified atom stereocenters. The number of nitrogens with two attached hydrogens (primary N) is 1. The van der Waals surface area contributed by atoms with Crippen LogP contribution in [0.1, 0.15) is 37.7 Å². The molecule has 1 fully saturated rings. The van der Waals surface area contributed by atoms with Crippen molar-refractivity contribution < 1.29 is 12.8 Å². The molecule has 21 heavy (non-hydrogen) atoms. The molecule has 0 heterocycles. The van der Waals surface area contributed by atoms with Gasteiger partial charge in [0.05, 0.1) is 17.5 Å². The zero-order valence-corrected chi connectivity index (χ0v) is 12.5. The Kier molecular flexibility index (Phi) is 5.21. The Bertz CT molecular complexity index is 656. The molecule has 1 aromatic carbocycles. The molecule has 0 amide bonds. The first kappa shape index (κ1) is 15.8. The number of hydrogen-bond donors (Lipinski definition) is 2. The Balaban J connectivity index is 2.15. The van der Waals surface area contributed by atoms with Crippen LogP contribution < -0.4 is 10.5 Å². The van der Waals surface area contributed by atoms with Crippen molar-refractivity contribution in [3.05, 3.63) is 29.6 Å². The average Bonchev–Trinajstić information content (AvgIpc) is 2.48. The summed E-state index contributed by atoms with van der Waals surface area (Å²) < 4.78 is 40.8. The molecule has 0 spiro atoms. The van der Waals surface area contributed by atoms with E-state index in [1.165, 1.54) is 12.1 Å². The molecule has 0 radical (unpaired) electrons. The molecule has 1 aliphatic carbocycles. The van der Waals surface area contributed by atoms with Crippen LogP contribution in [0.4, 0.5) is 10.1 Å². The lowest BCUT2D eigenvalue weighted by atomic mass is 10.0. The lowest BCUT2D eigenvalue weighted by molar-refractivity contribution is 0.486. The quantitative estimate of drug-likeness (QED) is 0.841. The summed E-state index contributed by atoms with van der Waals surface area (Å²) in [6.07, 6.45) is 4.15. The van der Waals surface area contributed by atoms with Gasteiger partial charge in [0.15, 0.2) is 0 Å². The van der Waals surface area contributed by atoms with E-state index in [1.54, 1.807) is 6.07 Å². The molecule has 0 saturated heterocycles.